The van der Waals surface area contributed by atoms with Crippen molar-refractivity contribution in [2.24, 2.45) is 0 Å². The first-order chi connectivity index (χ1) is 7.47. The van der Waals surface area contributed by atoms with Crippen LogP contribution in [0.2, 0.25) is 0 Å². The molecule has 16 heavy (non-hydrogen) atoms. The first-order valence-corrected chi connectivity index (χ1v) is 5.09. The maximum absolute atomic E-state index is 12.2. The summed E-state index contributed by atoms with van der Waals surface area (Å²) in [5.74, 6) is 0. The van der Waals surface area contributed by atoms with Crippen molar-refractivity contribution >= 4 is 16.5 Å². The Labute approximate surface area is 92.8 Å². The molecular formula is C9H6F3N3S. The van der Waals surface area contributed by atoms with Crippen molar-refractivity contribution in [3.05, 3.63) is 29.4 Å². The summed E-state index contributed by atoms with van der Waals surface area (Å²) < 4.78 is 36.7. The molecule has 3 nitrogen and oxygen atoms in total. The van der Waals surface area contributed by atoms with Gasteiger partial charge in [-0.15, -0.1) is 11.3 Å². The predicted molar refractivity (Wildman–Crippen MR) is 54.8 cm³/mol. The van der Waals surface area contributed by atoms with Gasteiger partial charge in [0.15, 0.2) is 5.13 Å². The quantitative estimate of drug-likeness (QED) is 0.840. The van der Waals surface area contributed by atoms with E-state index in [0.29, 0.717) is 16.4 Å². The lowest BCUT2D eigenvalue weighted by molar-refractivity contribution is -0.141. The number of hydrogen-bond acceptors (Lipinski definition) is 4. The Kier molecular flexibility index (Phi) is 2.55. The maximum atomic E-state index is 12.2. The second-order valence-electron chi connectivity index (χ2n) is 3.00. The maximum Gasteiger partial charge on any atom is 0.433 e. The molecule has 2 rings (SSSR count). The summed E-state index contributed by atoms with van der Waals surface area (Å²) >= 11 is 1.23. The number of anilines is 1. The molecule has 0 radical (unpaired) electrons. The first-order valence-electron chi connectivity index (χ1n) is 4.21. The van der Waals surface area contributed by atoms with Crippen molar-refractivity contribution in [2.75, 3.05) is 5.73 Å². The molecule has 0 fully saturated rings. The van der Waals surface area contributed by atoms with E-state index in [1.54, 1.807) is 5.38 Å². The number of halogens is 3. The Morgan fingerprint density at radius 3 is 2.44 bits per heavy atom. The van der Waals surface area contributed by atoms with Crippen LogP contribution in [0.5, 0.6) is 0 Å². The number of hydrogen-bond donors (Lipinski definition) is 1. The van der Waals surface area contributed by atoms with Gasteiger partial charge in [0.25, 0.3) is 0 Å². The fourth-order valence-electron chi connectivity index (χ4n) is 1.13. The van der Waals surface area contributed by atoms with E-state index < -0.39 is 11.9 Å². The third-order valence-electron chi connectivity index (χ3n) is 1.87. The molecule has 0 atom stereocenters. The van der Waals surface area contributed by atoms with E-state index in [0.717, 1.165) is 12.3 Å². The molecule has 0 unspecified atom stereocenters. The highest BCUT2D eigenvalue weighted by Crippen LogP contribution is 2.29. The molecule has 0 amide bonds. The lowest BCUT2D eigenvalue weighted by Gasteiger charge is -2.05. The van der Waals surface area contributed by atoms with Gasteiger partial charge in [0.2, 0.25) is 0 Å². The molecule has 7 heteroatoms. The summed E-state index contributed by atoms with van der Waals surface area (Å²) in [4.78, 5) is 7.28. The Morgan fingerprint density at radius 1 is 1.25 bits per heavy atom. The van der Waals surface area contributed by atoms with Crippen LogP contribution in [0.25, 0.3) is 11.3 Å². The largest absolute Gasteiger partial charge is 0.433 e. The summed E-state index contributed by atoms with van der Waals surface area (Å²) in [7, 11) is 0. The van der Waals surface area contributed by atoms with Crippen molar-refractivity contribution in [3.63, 3.8) is 0 Å². The van der Waals surface area contributed by atoms with Gasteiger partial charge in [-0.3, -0.25) is 4.98 Å². The van der Waals surface area contributed by atoms with Gasteiger partial charge in [0.1, 0.15) is 5.69 Å². The van der Waals surface area contributed by atoms with Crippen molar-refractivity contribution < 1.29 is 13.2 Å². The third kappa shape index (κ3) is 2.13. The summed E-state index contributed by atoms with van der Waals surface area (Å²) in [6.07, 6.45) is -3.28. The van der Waals surface area contributed by atoms with Gasteiger partial charge in [-0.05, 0) is 12.1 Å². The second kappa shape index (κ2) is 3.75. The van der Waals surface area contributed by atoms with Crippen LogP contribution in [-0.2, 0) is 6.18 Å². The predicted octanol–water partition coefficient (Wildman–Crippen LogP) is 2.81. The number of aromatic nitrogens is 2. The molecule has 2 heterocycles. The fourth-order valence-corrected chi connectivity index (χ4v) is 1.71. The zero-order chi connectivity index (χ0) is 11.8. The normalized spacial score (nSPS) is 11.7. The zero-order valence-corrected chi connectivity index (χ0v) is 8.64. The van der Waals surface area contributed by atoms with E-state index >= 15 is 0 Å². The third-order valence-corrected chi connectivity index (χ3v) is 2.55. The van der Waals surface area contributed by atoms with Gasteiger partial charge in [-0.2, -0.15) is 13.2 Å². The number of thiazole rings is 1. The Balaban J connectivity index is 2.33. The highest BCUT2D eigenvalue weighted by molar-refractivity contribution is 7.13. The van der Waals surface area contributed by atoms with Gasteiger partial charge in [0, 0.05) is 17.1 Å². The van der Waals surface area contributed by atoms with Gasteiger partial charge >= 0.3 is 6.18 Å². The molecule has 84 valence electrons. The van der Waals surface area contributed by atoms with Gasteiger partial charge in [0.05, 0.1) is 5.69 Å². The zero-order valence-electron chi connectivity index (χ0n) is 7.82. The van der Waals surface area contributed by atoms with Crippen molar-refractivity contribution in [3.8, 4) is 11.3 Å². The van der Waals surface area contributed by atoms with Crippen LogP contribution in [0.15, 0.2) is 23.7 Å². The number of nitrogens with two attached hydrogens (primary N) is 1. The van der Waals surface area contributed by atoms with E-state index in [9.17, 15) is 13.2 Å². The Hall–Kier alpha value is -1.63. The molecule has 0 saturated carbocycles. The molecule has 2 aromatic heterocycles. The fraction of sp³-hybridized carbons (Fsp3) is 0.111. The molecule has 0 spiro atoms. The molecular weight excluding hydrogens is 239 g/mol. The number of alkyl halides is 3. The van der Waals surface area contributed by atoms with Crippen LogP contribution < -0.4 is 5.73 Å². The number of pyridine rings is 1. The minimum Gasteiger partial charge on any atom is -0.375 e. The van der Waals surface area contributed by atoms with Crippen LogP contribution in [0.4, 0.5) is 18.3 Å². The molecule has 0 aliphatic heterocycles. The van der Waals surface area contributed by atoms with E-state index in [1.165, 1.54) is 17.4 Å². The minimum atomic E-state index is -4.42. The monoisotopic (exact) mass is 245 g/mol. The summed E-state index contributed by atoms with van der Waals surface area (Å²) in [5, 5.41) is 2.04. The molecule has 0 aliphatic carbocycles. The van der Waals surface area contributed by atoms with Crippen LogP contribution in [-0.4, -0.2) is 9.97 Å². The summed E-state index contributed by atoms with van der Waals surface area (Å²) in [6.45, 7) is 0. The molecule has 0 saturated heterocycles. The highest BCUT2D eigenvalue weighted by atomic mass is 32.1. The Morgan fingerprint density at radius 2 is 2.00 bits per heavy atom. The van der Waals surface area contributed by atoms with E-state index in [2.05, 4.69) is 9.97 Å². The number of nitrogens with zero attached hydrogens (tertiary/aromatic N) is 2. The first kappa shape index (κ1) is 10.9. The average molecular weight is 245 g/mol. The average Bonchev–Trinajstić information content (AvgIpc) is 2.64. The SMILES string of the molecule is Nc1nc(-c2ccc(C(F)(F)F)nc2)cs1. The molecule has 0 aromatic carbocycles. The standard InChI is InChI=1S/C9H6F3N3S/c10-9(11,12)7-2-1-5(3-14-7)6-4-16-8(13)15-6/h1-4H,(H2,13,15). The van der Waals surface area contributed by atoms with Crippen molar-refractivity contribution in [1.82, 2.24) is 9.97 Å². The smallest absolute Gasteiger partial charge is 0.375 e. The van der Waals surface area contributed by atoms with E-state index in [4.69, 9.17) is 5.73 Å². The molecule has 2 aromatic rings. The second-order valence-corrected chi connectivity index (χ2v) is 3.89. The van der Waals surface area contributed by atoms with Gasteiger partial charge in [-0.1, -0.05) is 0 Å². The lowest BCUT2D eigenvalue weighted by atomic mass is 10.2. The van der Waals surface area contributed by atoms with Gasteiger partial charge < -0.3 is 5.73 Å². The van der Waals surface area contributed by atoms with E-state index in [-0.39, 0.29) is 0 Å². The minimum absolute atomic E-state index is 0.370. The Bertz CT molecular complexity index is 489. The van der Waals surface area contributed by atoms with Crippen LogP contribution in [0.1, 0.15) is 5.69 Å². The number of nitrogen functional groups attached to an aromatic ring is 1. The van der Waals surface area contributed by atoms with E-state index in [1.807, 2.05) is 0 Å². The molecule has 0 aliphatic rings. The molecule has 0 bridgehead atoms. The highest BCUT2D eigenvalue weighted by Gasteiger charge is 2.32. The molecule has 2 N–H and O–H groups in total. The topological polar surface area (TPSA) is 51.8 Å². The number of rotatable bonds is 1. The van der Waals surface area contributed by atoms with Crippen LogP contribution in [0.3, 0.4) is 0 Å². The van der Waals surface area contributed by atoms with Gasteiger partial charge in [-0.25, -0.2) is 4.98 Å². The summed E-state index contributed by atoms with van der Waals surface area (Å²) in [6, 6.07) is 2.25. The summed E-state index contributed by atoms with van der Waals surface area (Å²) in [5.41, 5.74) is 5.55. The van der Waals surface area contributed by atoms with Crippen LogP contribution in [0, 0.1) is 0 Å². The lowest BCUT2D eigenvalue weighted by Crippen LogP contribution is -2.07. The van der Waals surface area contributed by atoms with Crippen molar-refractivity contribution in [2.45, 2.75) is 6.18 Å². The van der Waals surface area contributed by atoms with Crippen molar-refractivity contribution in [1.29, 1.82) is 0 Å². The van der Waals surface area contributed by atoms with Crippen LogP contribution >= 0.6 is 11.3 Å².